The topological polar surface area (TPSA) is 90.9 Å². The first-order chi connectivity index (χ1) is 13.8. The third-order valence-electron chi connectivity index (χ3n) is 4.12. The number of nitriles is 1. The molecule has 0 aliphatic heterocycles. The van der Waals surface area contributed by atoms with E-state index >= 15 is 0 Å². The second-order valence-corrected chi connectivity index (χ2v) is 6.19. The van der Waals surface area contributed by atoms with E-state index in [4.69, 9.17) is 5.26 Å². The van der Waals surface area contributed by atoms with Crippen LogP contribution < -0.4 is 5.32 Å². The summed E-state index contributed by atoms with van der Waals surface area (Å²) in [6.45, 7) is -0.179. The fourth-order valence-electron chi connectivity index (χ4n) is 2.68. The first-order valence-electron chi connectivity index (χ1n) is 8.46. The van der Waals surface area contributed by atoms with Crippen molar-refractivity contribution in [1.82, 2.24) is 9.78 Å². The quantitative estimate of drug-likeness (QED) is 0.686. The average Bonchev–Trinajstić information content (AvgIpc) is 3.16. The number of benzene rings is 2. The van der Waals surface area contributed by atoms with E-state index in [9.17, 15) is 23.1 Å². The van der Waals surface area contributed by atoms with Crippen molar-refractivity contribution in [2.75, 3.05) is 5.32 Å². The molecule has 0 bridgehead atoms. The Kier molecular flexibility index (Phi) is 5.66. The molecule has 3 aromatic rings. The van der Waals surface area contributed by atoms with Crippen molar-refractivity contribution in [3.05, 3.63) is 72.1 Å². The molecule has 148 valence electrons. The predicted octanol–water partition coefficient (Wildman–Crippen LogP) is 3.44. The average molecular weight is 400 g/mol. The Balaban J connectivity index is 1.69. The van der Waals surface area contributed by atoms with Crippen LogP contribution in [0.2, 0.25) is 0 Å². The zero-order valence-corrected chi connectivity index (χ0v) is 14.9. The molecule has 1 amide bonds. The highest BCUT2D eigenvalue weighted by atomic mass is 19.4. The summed E-state index contributed by atoms with van der Waals surface area (Å²) >= 11 is 0. The number of nitrogens with one attached hydrogen (secondary N) is 1. The number of halogens is 3. The molecular formula is C20H15F3N4O2. The van der Waals surface area contributed by atoms with Gasteiger partial charge in [-0.05, 0) is 23.8 Å². The molecule has 1 heterocycles. The fraction of sp³-hybridized carbons (Fsp3) is 0.150. The van der Waals surface area contributed by atoms with Crippen molar-refractivity contribution < 1.29 is 23.1 Å². The van der Waals surface area contributed by atoms with E-state index in [2.05, 4.69) is 10.4 Å². The largest absolute Gasteiger partial charge is 0.417 e. The summed E-state index contributed by atoms with van der Waals surface area (Å²) in [5.41, 5.74) is -0.186. The highest BCUT2D eigenvalue weighted by molar-refractivity contribution is 5.94. The Labute approximate surface area is 163 Å². The molecule has 0 aliphatic rings. The molecule has 0 unspecified atom stereocenters. The summed E-state index contributed by atoms with van der Waals surface area (Å²) < 4.78 is 40.4. The Morgan fingerprint density at radius 3 is 2.59 bits per heavy atom. The summed E-state index contributed by atoms with van der Waals surface area (Å²) in [6, 6.07) is 13.6. The van der Waals surface area contributed by atoms with Gasteiger partial charge in [0, 0.05) is 17.4 Å². The number of anilines is 1. The second-order valence-electron chi connectivity index (χ2n) is 6.19. The first kappa shape index (κ1) is 20.1. The summed E-state index contributed by atoms with van der Waals surface area (Å²) in [5.74, 6) is -0.889. The van der Waals surface area contributed by atoms with Gasteiger partial charge in [-0.15, -0.1) is 0 Å². The molecule has 0 aliphatic carbocycles. The second kappa shape index (κ2) is 8.16. The van der Waals surface area contributed by atoms with E-state index in [1.54, 1.807) is 12.4 Å². The van der Waals surface area contributed by atoms with Gasteiger partial charge in [0.25, 0.3) is 5.91 Å². The summed E-state index contributed by atoms with van der Waals surface area (Å²) in [5, 5.41) is 25.2. The molecule has 2 N–H and O–H groups in total. The lowest BCUT2D eigenvalue weighted by Crippen LogP contribution is -2.31. The lowest BCUT2D eigenvalue weighted by Gasteiger charge is -2.14. The molecular weight excluding hydrogens is 385 g/mol. The van der Waals surface area contributed by atoms with E-state index in [0.717, 1.165) is 17.2 Å². The summed E-state index contributed by atoms with van der Waals surface area (Å²) in [6.07, 6.45) is -3.05. The maximum Gasteiger partial charge on any atom is 0.417 e. The zero-order valence-electron chi connectivity index (χ0n) is 14.9. The zero-order chi connectivity index (χ0) is 21.0. The minimum Gasteiger partial charge on any atom is -0.381 e. The van der Waals surface area contributed by atoms with Crippen LogP contribution in [0.25, 0.3) is 11.1 Å². The third-order valence-corrected chi connectivity index (χ3v) is 4.12. The van der Waals surface area contributed by atoms with Crippen LogP contribution in [0.1, 0.15) is 11.1 Å². The highest BCUT2D eigenvalue weighted by Gasteiger charge is 2.34. The molecule has 6 nitrogen and oxygen atoms in total. The number of aliphatic hydroxyl groups is 1. The van der Waals surface area contributed by atoms with Gasteiger partial charge in [0.2, 0.25) is 0 Å². The predicted molar refractivity (Wildman–Crippen MR) is 98.5 cm³/mol. The van der Waals surface area contributed by atoms with Gasteiger partial charge in [0.1, 0.15) is 0 Å². The number of aliphatic hydroxyl groups excluding tert-OH is 1. The van der Waals surface area contributed by atoms with Gasteiger partial charge < -0.3 is 10.4 Å². The van der Waals surface area contributed by atoms with Crippen LogP contribution in [-0.4, -0.2) is 26.9 Å². The number of amides is 1. The van der Waals surface area contributed by atoms with Crippen LogP contribution in [0.15, 0.2) is 60.9 Å². The minimum atomic E-state index is -4.74. The number of carbonyl (C=O) groups excluding carboxylic acids is 1. The summed E-state index contributed by atoms with van der Waals surface area (Å²) in [7, 11) is 0. The number of hydrogen-bond acceptors (Lipinski definition) is 4. The molecule has 29 heavy (non-hydrogen) atoms. The van der Waals surface area contributed by atoms with Gasteiger partial charge in [-0.25, -0.2) is 0 Å². The van der Waals surface area contributed by atoms with E-state index < -0.39 is 29.3 Å². The van der Waals surface area contributed by atoms with E-state index in [-0.39, 0.29) is 12.2 Å². The lowest BCUT2D eigenvalue weighted by molar-refractivity contribution is -0.137. The van der Waals surface area contributed by atoms with Crippen molar-refractivity contribution in [2.24, 2.45) is 0 Å². The van der Waals surface area contributed by atoms with Gasteiger partial charge in [-0.2, -0.15) is 23.5 Å². The van der Waals surface area contributed by atoms with Gasteiger partial charge in [-0.1, -0.05) is 30.3 Å². The van der Waals surface area contributed by atoms with Crippen molar-refractivity contribution >= 4 is 11.6 Å². The van der Waals surface area contributed by atoms with Crippen molar-refractivity contribution in [3.63, 3.8) is 0 Å². The number of hydrogen-bond donors (Lipinski definition) is 2. The molecule has 0 fully saturated rings. The SMILES string of the molecule is N#Cc1ccc(NC(=O)[C@@H](O)Cn2cc(-c3ccccc3)cn2)cc1C(F)(F)F. The van der Waals surface area contributed by atoms with Crippen molar-refractivity contribution in [2.45, 2.75) is 18.8 Å². The van der Waals surface area contributed by atoms with Gasteiger partial charge in [0.05, 0.1) is 29.9 Å². The van der Waals surface area contributed by atoms with Crippen LogP contribution in [0.4, 0.5) is 18.9 Å². The molecule has 9 heteroatoms. The van der Waals surface area contributed by atoms with Crippen LogP contribution in [0.3, 0.4) is 0 Å². The minimum absolute atomic E-state index is 0.175. The molecule has 1 atom stereocenters. The number of aromatic nitrogens is 2. The van der Waals surface area contributed by atoms with Gasteiger partial charge in [0.15, 0.2) is 6.10 Å². The monoisotopic (exact) mass is 400 g/mol. The number of nitrogens with zero attached hydrogens (tertiary/aromatic N) is 3. The standard InChI is InChI=1S/C20H15F3N4O2/c21-20(22,23)17-8-16(7-6-14(17)9-24)26-19(29)18(28)12-27-11-15(10-25-27)13-4-2-1-3-5-13/h1-8,10-11,18,28H,12H2,(H,26,29)/t18-/m0/s1. The highest BCUT2D eigenvalue weighted by Crippen LogP contribution is 2.33. The third kappa shape index (κ3) is 4.80. The molecule has 2 aromatic carbocycles. The van der Waals surface area contributed by atoms with Crippen molar-refractivity contribution in [3.8, 4) is 17.2 Å². The Hall–Kier alpha value is -3.64. The van der Waals surface area contributed by atoms with Crippen molar-refractivity contribution in [1.29, 1.82) is 5.26 Å². The fourth-order valence-corrected chi connectivity index (χ4v) is 2.68. The molecule has 0 saturated carbocycles. The summed E-state index contributed by atoms with van der Waals surface area (Å²) in [4.78, 5) is 12.2. The molecule has 1 aromatic heterocycles. The molecule has 0 saturated heterocycles. The molecule has 0 radical (unpaired) electrons. The normalized spacial score (nSPS) is 12.2. The van der Waals surface area contributed by atoms with Gasteiger partial charge >= 0.3 is 6.18 Å². The Morgan fingerprint density at radius 1 is 1.21 bits per heavy atom. The number of rotatable bonds is 5. The molecule has 3 rings (SSSR count). The maximum absolute atomic E-state index is 13.0. The van der Waals surface area contributed by atoms with Crippen LogP contribution >= 0.6 is 0 Å². The maximum atomic E-state index is 13.0. The Bertz CT molecular complexity index is 1060. The molecule has 0 spiro atoms. The lowest BCUT2D eigenvalue weighted by atomic mass is 10.1. The van der Waals surface area contributed by atoms with E-state index in [1.165, 1.54) is 16.8 Å². The Morgan fingerprint density at radius 2 is 1.93 bits per heavy atom. The van der Waals surface area contributed by atoms with Crippen LogP contribution in [0, 0.1) is 11.3 Å². The van der Waals surface area contributed by atoms with E-state index in [1.807, 2.05) is 30.3 Å². The number of alkyl halides is 3. The smallest absolute Gasteiger partial charge is 0.381 e. The van der Waals surface area contributed by atoms with Crippen LogP contribution in [-0.2, 0) is 17.5 Å². The van der Waals surface area contributed by atoms with Crippen LogP contribution in [0.5, 0.6) is 0 Å². The number of carbonyl (C=O) groups is 1. The van der Waals surface area contributed by atoms with E-state index in [0.29, 0.717) is 6.07 Å². The first-order valence-corrected chi connectivity index (χ1v) is 8.46. The van der Waals surface area contributed by atoms with Gasteiger partial charge in [-0.3, -0.25) is 9.48 Å².